The summed E-state index contributed by atoms with van der Waals surface area (Å²) in [7, 11) is 3.61. The van der Waals surface area contributed by atoms with Gasteiger partial charge in [-0.1, -0.05) is 11.6 Å². The van der Waals surface area contributed by atoms with Gasteiger partial charge in [-0.05, 0) is 30.3 Å². The van der Waals surface area contributed by atoms with Crippen LogP contribution < -0.4 is 10.1 Å². The van der Waals surface area contributed by atoms with E-state index in [-0.39, 0.29) is 6.03 Å². The number of nitrogens with zero attached hydrogens (tertiary/aromatic N) is 3. The van der Waals surface area contributed by atoms with Gasteiger partial charge in [0, 0.05) is 26.0 Å². The van der Waals surface area contributed by atoms with E-state index >= 15 is 0 Å². The molecule has 0 atom stereocenters. The Kier molecular flexibility index (Phi) is 6.10. The van der Waals surface area contributed by atoms with Crippen LogP contribution in [0.15, 0.2) is 36.5 Å². The van der Waals surface area contributed by atoms with Gasteiger partial charge >= 0.3 is 6.03 Å². The summed E-state index contributed by atoms with van der Waals surface area (Å²) in [5, 5.41) is 12.2. The predicted molar refractivity (Wildman–Crippen MR) is 91.9 cm³/mol. The molecule has 1 heterocycles. The zero-order valence-corrected chi connectivity index (χ0v) is 14.4. The summed E-state index contributed by atoms with van der Waals surface area (Å²) in [4.78, 5) is 13.6. The van der Waals surface area contributed by atoms with Gasteiger partial charge in [0.1, 0.15) is 12.4 Å². The second-order valence-corrected chi connectivity index (χ2v) is 5.77. The Morgan fingerprint density at radius 2 is 2.12 bits per heavy atom. The fourth-order valence-electron chi connectivity index (χ4n) is 2.13. The van der Waals surface area contributed by atoms with E-state index in [0.29, 0.717) is 36.0 Å². The normalized spacial score (nSPS) is 10.1. The largest absolute Gasteiger partial charge is 0.492 e. The van der Waals surface area contributed by atoms with Gasteiger partial charge in [0.15, 0.2) is 0 Å². The lowest BCUT2D eigenvalue weighted by Crippen LogP contribution is -2.39. The zero-order chi connectivity index (χ0) is 17.5. The van der Waals surface area contributed by atoms with Crippen molar-refractivity contribution in [2.24, 2.45) is 7.05 Å². The highest BCUT2D eigenvalue weighted by Gasteiger charge is 2.11. The Balaban J connectivity index is 1.72. The summed E-state index contributed by atoms with van der Waals surface area (Å²) in [6, 6.07) is 10.5. The first-order valence-electron chi connectivity index (χ1n) is 7.42. The first-order valence-corrected chi connectivity index (χ1v) is 7.80. The first kappa shape index (κ1) is 17.7. The molecule has 0 saturated heterocycles. The number of aromatic nitrogens is 1. The smallest absolute Gasteiger partial charge is 0.317 e. The van der Waals surface area contributed by atoms with Gasteiger partial charge in [0.2, 0.25) is 0 Å². The summed E-state index contributed by atoms with van der Waals surface area (Å²) in [5.74, 6) is 0.662. The fourth-order valence-corrected chi connectivity index (χ4v) is 2.40. The van der Waals surface area contributed by atoms with E-state index in [4.69, 9.17) is 21.6 Å². The Labute approximate surface area is 146 Å². The topological polar surface area (TPSA) is 70.3 Å². The van der Waals surface area contributed by atoms with E-state index in [2.05, 4.69) is 5.32 Å². The fraction of sp³-hybridized carbons (Fsp3) is 0.294. The number of nitriles is 1. The van der Waals surface area contributed by atoms with Crippen LogP contribution in [0.5, 0.6) is 5.75 Å². The number of hydrogen-bond donors (Lipinski definition) is 1. The van der Waals surface area contributed by atoms with E-state index in [1.54, 1.807) is 42.4 Å². The van der Waals surface area contributed by atoms with Gasteiger partial charge in [-0.15, -0.1) is 0 Å². The average molecular weight is 347 g/mol. The lowest BCUT2D eigenvalue weighted by Gasteiger charge is -2.18. The molecule has 0 aliphatic rings. The van der Waals surface area contributed by atoms with E-state index in [1.807, 2.05) is 23.8 Å². The summed E-state index contributed by atoms with van der Waals surface area (Å²) in [6.45, 7) is 1.20. The molecule has 6 nitrogen and oxygen atoms in total. The first-order chi connectivity index (χ1) is 11.5. The van der Waals surface area contributed by atoms with Gasteiger partial charge in [0.05, 0.1) is 29.7 Å². The molecular weight excluding hydrogens is 328 g/mol. The number of hydrogen-bond acceptors (Lipinski definition) is 3. The van der Waals surface area contributed by atoms with Gasteiger partial charge < -0.3 is 19.5 Å². The number of amides is 2. The molecule has 0 spiro atoms. The number of rotatable bonds is 6. The molecular formula is C17H19ClN4O2. The van der Waals surface area contributed by atoms with Gasteiger partial charge in [-0.3, -0.25) is 0 Å². The molecule has 126 valence electrons. The Morgan fingerprint density at radius 1 is 1.42 bits per heavy atom. The van der Waals surface area contributed by atoms with E-state index in [9.17, 15) is 4.79 Å². The minimum Gasteiger partial charge on any atom is -0.492 e. The number of halogens is 1. The Hall–Kier alpha value is -2.65. The molecule has 0 radical (unpaired) electrons. The molecule has 0 bridgehead atoms. The number of urea groups is 1. The Morgan fingerprint density at radius 3 is 2.71 bits per heavy atom. The van der Waals surface area contributed by atoms with Crippen LogP contribution in [0.1, 0.15) is 11.3 Å². The van der Waals surface area contributed by atoms with Crippen molar-refractivity contribution in [2.45, 2.75) is 6.54 Å². The second-order valence-electron chi connectivity index (χ2n) is 5.33. The van der Waals surface area contributed by atoms with Crippen LogP contribution in [0.4, 0.5) is 4.79 Å². The van der Waals surface area contributed by atoms with E-state index in [0.717, 1.165) is 5.69 Å². The standard InChI is InChI=1S/C17H19ClN4O2/c1-21-11-14(18)9-15(21)12-22(2)17(23)20-7-8-24-16-5-3-13(10-19)4-6-16/h3-6,9,11H,7-8,12H2,1-2H3,(H,20,23). The van der Waals surface area contributed by atoms with Crippen molar-refractivity contribution in [1.29, 1.82) is 5.26 Å². The molecule has 2 amide bonds. The number of carbonyl (C=O) groups is 1. The van der Waals surface area contributed by atoms with Crippen molar-refractivity contribution in [3.8, 4) is 11.8 Å². The van der Waals surface area contributed by atoms with Crippen molar-refractivity contribution >= 4 is 17.6 Å². The zero-order valence-electron chi connectivity index (χ0n) is 13.6. The lowest BCUT2D eigenvalue weighted by atomic mass is 10.2. The molecule has 1 N–H and O–H groups in total. The summed E-state index contributed by atoms with van der Waals surface area (Å²) in [5.41, 5.74) is 1.53. The highest BCUT2D eigenvalue weighted by molar-refractivity contribution is 6.30. The monoisotopic (exact) mass is 346 g/mol. The second kappa shape index (κ2) is 8.27. The third-order valence-electron chi connectivity index (χ3n) is 3.45. The molecule has 0 aliphatic heterocycles. The minimum absolute atomic E-state index is 0.184. The highest BCUT2D eigenvalue weighted by atomic mass is 35.5. The molecule has 2 aromatic rings. The lowest BCUT2D eigenvalue weighted by molar-refractivity contribution is 0.202. The van der Waals surface area contributed by atoms with Crippen molar-refractivity contribution in [2.75, 3.05) is 20.2 Å². The van der Waals surface area contributed by atoms with Crippen LogP contribution in [0, 0.1) is 11.3 Å². The van der Waals surface area contributed by atoms with Gasteiger partial charge in [0.25, 0.3) is 0 Å². The quantitative estimate of drug-likeness (QED) is 0.817. The van der Waals surface area contributed by atoms with Crippen molar-refractivity contribution < 1.29 is 9.53 Å². The van der Waals surface area contributed by atoms with E-state index < -0.39 is 0 Å². The van der Waals surface area contributed by atoms with Crippen LogP contribution in [-0.4, -0.2) is 35.7 Å². The third-order valence-corrected chi connectivity index (χ3v) is 3.66. The van der Waals surface area contributed by atoms with Crippen LogP contribution in [-0.2, 0) is 13.6 Å². The predicted octanol–water partition coefficient (Wildman–Crippen LogP) is 2.77. The molecule has 1 aromatic heterocycles. The van der Waals surface area contributed by atoms with Gasteiger partial charge in [-0.2, -0.15) is 5.26 Å². The van der Waals surface area contributed by atoms with Crippen LogP contribution >= 0.6 is 11.6 Å². The molecule has 24 heavy (non-hydrogen) atoms. The summed E-state index contributed by atoms with van der Waals surface area (Å²) < 4.78 is 7.40. The number of benzene rings is 1. The number of aryl methyl sites for hydroxylation is 1. The molecule has 7 heteroatoms. The van der Waals surface area contributed by atoms with Gasteiger partial charge in [-0.25, -0.2) is 4.79 Å². The molecule has 0 aliphatic carbocycles. The Bertz CT molecular complexity index is 734. The SMILES string of the molecule is CN(Cc1cc(Cl)cn1C)C(=O)NCCOc1ccc(C#N)cc1. The number of nitrogens with one attached hydrogen (secondary N) is 1. The molecule has 0 saturated carbocycles. The summed E-state index contributed by atoms with van der Waals surface area (Å²) >= 11 is 5.93. The number of ether oxygens (including phenoxy) is 1. The highest BCUT2D eigenvalue weighted by Crippen LogP contribution is 2.14. The van der Waals surface area contributed by atoms with Crippen LogP contribution in [0.2, 0.25) is 5.02 Å². The molecule has 1 aromatic carbocycles. The van der Waals surface area contributed by atoms with Crippen molar-refractivity contribution in [1.82, 2.24) is 14.8 Å². The average Bonchev–Trinajstić information content (AvgIpc) is 2.89. The van der Waals surface area contributed by atoms with Crippen molar-refractivity contribution in [3.63, 3.8) is 0 Å². The maximum Gasteiger partial charge on any atom is 0.317 e. The van der Waals surface area contributed by atoms with E-state index in [1.165, 1.54) is 0 Å². The van der Waals surface area contributed by atoms with Crippen LogP contribution in [0.25, 0.3) is 0 Å². The molecule has 0 unspecified atom stereocenters. The third kappa shape index (κ3) is 4.93. The molecule has 0 fully saturated rings. The summed E-state index contributed by atoms with van der Waals surface area (Å²) in [6.07, 6.45) is 1.80. The van der Waals surface area contributed by atoms with Crippen LogP contribution in [0.3, 0.4) is 0 Å². The van der Waals surface area contributed by atoms with Crippen molar-refractivity contribution in [3.05, 3.63) is 52.8 Å². The maximum atomic E-state index is 12.0. The minimum atomic E-state index is -0.184. The number of carbonyl (C=O) groups excluding carboxylic acids is 1. The maximum absolute atomic E-state index is 12.0. The molecule has 2 rings (SSSR count).